The van der Waals surface area contributed by atoms with E-state index in [1.807, 2.05) is 18.2 Å². The van der Waals surface area contributed by atoms with Crippen LogP contribution < -0.4 is 15.4 Å². The Bertz CT molecular complexity index is 726. The lowest BCUT2D eigenvalue weighted by molar-refractivity contribution is -0.0971. The van der Waals surface area contributed by atoms with Gasteiger partial charge in [0.25, 0.3) is 0 Å². The van der Waals surface area contributed by atoms with Gasteiger partial charge >= 0.3 is 0 Å². The van der Waals surface area contributed by atoms with Crippen molar-refractivity contribution in [1.82, 2.24) is 10.6 Å². The summed E-state index contributed by atoms with van der Waals surface area (Å²) in [6.07, 6.45) is 0.911. The summed E-state index contributed by atoms with van der Waals surface area (Å²) in [5.41, 5.74) is 0.233. The summed E-state index contributed by atoms with van der Waals surface area (Å²) < 4.78 is 11.1. The Kier molecular flexibility index (Phi) is 5.76. The second-order valence-electron chi connectivity index (χ2n) is 6.87. The summed E-state index contributed by atoms with van der Waals surface area (Å²) >= 11 is 0. The smallest absolute Gasteiger partial charge is 0.191 e. The highest BCUT2D eigenvalue weighted by Gasteiger charge is 2.33. The number of nitrogens with one attached hydrogen (secondary N) is 2. The molecular formula is C20H27N3O2. The zero-order chi connectivity index (χ0) is 17.5. The second-order valence-corrected chi connectivity index (χ2v) is 6.87. The topological polar surface area (TPSA) is 54.9 Å². The van der Waals surface area contributed by atoms with E-state index in [1.54, 1.807) is 7.05 Å². The van der Waals surface area contributed by atoms with Crippen molar-refractivity contribution in [1.29, 1.82) is 0 Å². The van der Waals surface area contributed by atoms with Gasteiger partial charge in [0.2, 0.25) is 0 Å². The number of hydrogen-bond donors (Lipinski definition) is 2. The summed E-state index contributed by atoms with van der Waals surface area (Å²) in [5, 5.41) is 9.12. The van der Waals surface area contributed by atoms with Crippen LogP contribution in [-0.4, -0.2) is 45.9 Å². The summed E-state index contributed by atoms with van der Waals surface area (Å²) in [5.74, 6) is 1.75. The molecule has 2 aromatic carbocycles. The van der Waals surface area contributed by atoms with Crippen molar-refractivity contribution in [2.45, 2.75) is 13.3 Å². The van der Waals surface area contributed by atoms with Crippen LogP contribution in [0.2, 0.25) is 0 Å². The van der Waals surface area contributed by atoms with Crippen molar-refractivity contribution in [3.05, 3.63) is 42.5 Å². The first-order valence-corrected chi connectivity index (χ1v) is 8.82. The van der Waals surface area contributed by atoms with Crippen molar-refractivity contribution in [3.8, 4) is 5.75 Å². The highest BCUT2D eigenvalue weighted by Crippen LogP contribution is 2.25. The van der Waals surface area contributed by atoms with Gasteiger partial charge in [-0.15, -0.1) is 0 Å². The molecule has 0 radical (unpaired) electrons. The van der Waals surface area contributed by atoms with Gasteiger partial charge in [-0.1, -0.05) is 37.3 Å². The molecule has 5 heteroatoms. The maximum atomic E-state index is 5.85. The lowest BCUT2D eigenvalue weighted by atomic mass is 9.89. The first-order valence-electron chi connectivity index (χ1n) is 8.82. The number of fused-ring (bicyclic) bond motifs is 1. The monoisotopic (exact) mass is 341 g/mol. The Morgan fingerprint density at radius 3 is 2.68 bits per heavy atom. The van der Waals surface area contributed by atoms with Crippen LogP contribution in [0, 0.1) is 5.41 Å². The molecule has 2 aromatic rings. The first kappa shape index (κ1) is 17.5. The first-order chi connectivity index (χ1) is 12.2. The zero-order valence-electron chi connectivity index (χ0n) is 15.0. The summed E-state index contributed by atoms with van der Waals surface area (Å²) in [7, 11) is 1.79. The molecule has 0 bridgehead atoms. The minimum atomic E-state index is 0.233. The van der Waals surface area contributed by atoms with Crippen LogP contribution in [0.1, 0.15) is 13.3 Å². The van der Waals surface area contributed by atoms with Crippen molar-refractivity contribution in [2.24, 2.45) is 10.4 Å². The van der Waals surface area contributed by atoms with Gasteiger partial charge in [-0.25, -0.2) is 0 Å². The molecule has 1 aliphatic heterocycles. The molecule has 1 aliphatic rings. The van der Waals surface area contributed by atoms with Crippen LogP contribution in [0.4, 0.5) is 0 Å². The predicted octanol–water partition coefficient (Wildman–Crippen LogP) is 2.81. The third-order valence-corrected chi connectivity index (χ3v) is 4.41. The largest absolute Gasteiger partial charge is 0.494 e. The zero-order valence-corrected chi connectivity index (χ0v) is 15.0. The lowest BCUT2D eigenvalue weighted by Gasteiger charge is -2.38. The van der Waals surface area contributed by atoms with E-state index in [9.17, 15) is 0 Å². The Balaban J connectivity index is 1.35. The molecule has 0 aromatic heterocycles. The molecule has 5 nitrogen and oxygen atoms in total. The molecule has 1 heterocycles. The SMILES string of the molecule is CN=C(NCCCOc1ccc2ccccc2c1)NCC1(C)COC1. The van der Waals surface area contributed by atoms with Crippen molar-refractivity contribution in [3.63, 3.8) is 0 Å². The molecule has 0 atom stereocenters. The Labute approximate surface area is 149 Å². The molecular weight excluding hydrogens is 314 g/mol. The van der Waals surface area contributed by atoms with E-state index in [0.717, 1.165) is 44.4 Å². The molecule has 0 spiro atoms. The van der Waals surface area contributed by atoms with E-state index in [0.29, 0.717) is 6.61 Å². The van der Waals surface area contributed by atoms with Gasteiger partial charge in [-0.05, 0) is 29.3 Å². The van der Waals surface area contributed by atoms with E-state index in [2.05, 4.69) is 46.8 Å². The number of aliphatic imine (C=N–C) groups is 1. The molecule has 0 aliphatic carbocycles. The van der Waals surface area contributed by atoms with Crippen molar-refractivity contribution >= 4 is 16.7 Å². The van der Waals surface area contributed by atoms with Gasteiger partial charge in [0.1, 0.15) is 5.75 Å². The van der Waals surface area contributed by atoms with Crippen molar-refractivity contribution < 1.29 is 9.47 Å². The molecule has 0 saturated carbocycles. The van der Waals surface area contributed by atoms with Gasteiger partial charge in [0.15, 0.2) is 5.96 Å². The lowest BCUT2D eigenvalue weighted by Crippen LogP contribution is -2.51. The molecule has 1 saturated heterocycles. The average Bonchev–Trinajstić information content (AvgIpc) is 2.62. The van der Waals surface area contributed by atoms with Crippen LogP contribution in [0.15, 0.2) is 47.5 Å². The highest BCUT2D eigenvalue weighted by atomic mass is 16.5. The van der Waals surface area contributed by atoms with Crippen LogP contribution in [0.3, 0.4) is 0 Å². The van der Waals surface area contributed by atoms with Crippen LogP contribution >= 0.6 is 0 Å². The van der Waals surface area contributed by atoms with Gasteiger partial charge < -0.3 is 20.1 Å². The fourth-order valence-electron chi connectivity index (χ4n) is 2.80. The molecule has 1 fully saturated rings. The minimum absolute atomic E-state index is 0.233. The normalized spacial score (nSPS) is 16.3. The fraction of sp³-hybridized carbons (Fsp3) is 0.450. The average molecular weight is 341 g/mol. The molecule has 3 rings (SSSR count). The third-order valence-electron chi connectivity index (χ3n) is 4.41. The Morgan fingerprint density at radius 2 is 1.96 bits per heavy atom. The summed E-state index contributed by atoms with van der Waals surface area (Å²) in [4.78, 5) is 4.25. The van der Waals surface area contributed by atoms with Gasteiger partial charge in [0, 0.05) is 25.6 Å². The third kappa shape index (κ3) is 4.86. The number of ether oxygens (including phenoxy) is 2. The maximum Gasteiger partial charge on any atom is 0.191 e. The van der Waals surface area contributed by atoms with Crippen molar-refractivity contribution in [2.75, 3.05) is 40.0 Å². The maximum absolute atomic E-state index is 5.85. The van der Waals surface area contributed by atoms with E-state index in [4.69, 9.17) is 9.47 Å². The van der Waals surface area contributed by atoms with Gasteiger partial charge in [-0.3, -0.25) is 4.99 Å². The van der Waals surface area contributed by atoms with E-state index >= 15 is 0 Å². The number of benzene rings is 2. The van der Waals surface area contributed by atoms with Crippen LogP contribution in [0.25, 0.3) is 10.8 Å². The molecule has 0 unspecified atom stereocenters. The quantitative estimate of drug-likeness (QED) is 0.462. The van der Waals surface area contributed by atoms with Gasteiger partial charge in [0.05, 0.1) is 19.8 Å². The second kappa shape index (κ2) is 8.21. The molecule has 134 valence electrons. The number of hydrogen-bond acceptors (Lipinski definition) is 3. The fourth-order valence-corrected chi connectivity index (χ4v) is 2.80. The van der Waals surface area contributed by atoms with E-state index < -0.39 is 0 Å². The Hall–Kier alpha value is -2.27. The van der Waals surface area contributed by atoms with E-state index in [1.165, 1.54) is 10.8 Å². The Morgan fingerprint density at radius 1 is 1.16 bits per heavy atom. The van der Waals surface area contributed by atoms with E-state index in [-0.39, 0.29) is 5.41 Å². The minimum Gasteiger partial charge on any atom is -0.494 e. The summed E-state index contributed by atoms with van der Waals surface area (Å²) in [6, 6.07) is 14.5. The predicted molar refractivity (Wildman–Crippen MR) is 102 cm³/mol. The molecule has 25 heavy (non-hydrogen) atoms. The number of rotatable bonds is 7. The van der Waals surface area contributed by atoms with Crippen LogP contribution in [-0.2, 0) is 4.74 Å². The standard InChI is InChI=1S/C20H27N3O2/c1-20(14-24-15-20)13-23-19(21-2)22-10-5-11-25-18-9-8-16-6-3-4-7-17(16)12-18/h3-4,6-9,12H,5,10-11,13-15H2,1-2H3,(H2,21,22,23). The highest BCUT2D eigenvalue weighted by molar-refractivity contribution is 5.83. The number of nitrogens with zero attached hydrogens (tertiary/aromatic N) is 1. The molecule has 2 N–H and O–H groups in total. The van der Waals surface area contributed by atoms with Gasteiger partial charge in [-0.2, -0.15) is 0 Å². The summed E-state index contributed by atoms with van der Waals surface area (Å²) in [6.45, 7) is 6.22. The number of guanidine groups is 1. The van der Waals surface area contributed by atoms with Crippen LogP contribution in [0.5, 0.6) is 5.75 Å². The molecule has 0 amide bonds.